The predicted octanol–water partition coefficient (Wildman–Crippen LogP) is 7.78. The molecular formula is C34H24CaN6O12S2. The van der Waals surface area contributed by atoms with Gasteiger partial charge in [-0.25, -0.2) is 16.8 Å². The van der Waals surface area contributed by atoms with Crippen LogP contribution in [0.25, 0.3) is 21.5 Å². The standard InChI is InChI=1S/2C17H13N3O6S.Ca/c2*1-10-5-4-8-13(20(22)23)15(10)18-19-16-12-7-3-2-6-11(12)9-14(17(16)21)27(24,25)26;/h2*2-9,21H,1H3,(H,24,25,26);/q;;+2/p-2. The number of phenolic OH excluding ortho intramolecular Hbond substituents is 2. The van der Waals surface area contributed by atoms with Gasteiger partial charge in [0, 0.05) is 22.9 Å². The maximum atomic E-state index is 11.4. The molecule has 0 fully saturated rings. The second-order valence-corrected chi connectivity index (χ2v) is 14.0. The zero-order chi connectivity index (χ0) is 39.5. The molecule has 0 heterocycles. The Labute approximate surface area is 341 Å². The summed E-state index contributed by atoms with van der Waals surface area (Å²) in [5.41, 5.74) is -0.276. The quantitative estimate of drug-likeness (QED) is 0.0489. The number of nitrogens with zero attached hydrogens (tertiary/aromatic N) is 6. The van der Waals surface area contributed by atoms with E-state index in [0.717, 1.165) is 12.1 Å². The fourth-order valence-electron chi connectivity index (χ4n) is 5.21. The van der Waals surface area contributed by atoms with Gasteiger partial charge >= 0.3 is 37.7 Å². The van der Waals surface area contributed by atoms with Crippen molar-refractivity contribution >= 4 is 114 Å². The third-order valence-electron chi connectivity index (χ3n) is 7.79. The van der Waals surface area contributed by atoms with E-state index in [2.05, 4.69) is 20.5 Å². The van der Waals surface area contributed by atoms with E-state index < -0.39 is 51.4 Å². The molecule has 6 aromatic carbocycles. The van der Waals surface area contributed by atoms with E-state index in [1.165, 1.54) is 24.3 Å². The van der Waals surface area contributed by atoms with E-state index in [4.69, 9.17) is 0 Å². The van der Waals surface area contributed by atoms with E-state index in [-0.39, 0.29) is 71.9 Å². The first kappa shape index (κ1) is 42.3. The maximum absolute atomic E-state index is 11.4. The van der Waals surface area contributed by atoms with Gasteiger partial charge in [-0.1, -0.05) is 72.8 Å². The van der Waals surface area contributed by atoms with Crippen molar-refractivity contribution in [3.8, 4) is 11.5 Å². The van der Waals surface area contributed by atoms with Crippen LogP contribution in [-0.2, 0) is 20.2 Å². The van der Waals surface area contributed by atoms with Gasteiger partial charge in [-0.2, -0.15) is 0 Å². The molecule has 6 aromatic rings. The number of nitro benzene ring substituents is 2. The topological polar surface area (TPSA) is 291 Å². The fourth-order valence-corrected chi connectivity index (χ4v) is 6.42. The van der Waals surface area contributed by atoms with Gasteiger partial charge in [0.15, 0.2) is 22.9 Å². The number of nitro groups is 2. The van der Waals surface area contributed by atoms with Crippen molar-refractivity contribution in [3.05, 3.63) is 128 Å². The Morgan fingerprint density at radius 3 is 1.18 bits per heavy atom. The molecule has 55 heavy (non-hydrogen) atoms. The monoisotopic (exact) mass is 812 g/mol. The average molecular weight is 813 g/mol. The molecule has 21 heteroatoms. The third kappa shape index (κ3) is 9.25. The molecule has 0 saturated carbocycles. The Morgan fingerprint density at radius 1 is 0.527 bits per heavy atom. The number of phenols is 2. The number of hydrogen-bond donors (Lipinski definition) is 2. The summed E-state index contributed by atoms with van der Waals surface area (Å²) in [5, 5.41) is 59.7. The summed E-state index contributed by atoms with van der Waals surface area (Å²) in [6.07, 6.45) is 0. The first-order valence-corrected chi connectivity index (χ1v) is 17.9. The first-order valence-electron chi connectivity index (χ1n) is 15.1. The first-order chi connectivity index (χ1) is 25.4. The number of fused-ring (bicyclic) bond motifs is 2. The Kier molecular flexibility index (Phi) is 13.0. The Bertz CT molecular complexity index is 2610. The van der Waals surface area contributed by atoms with Gasteiger partial charge in [0.05, 0.1) is 19.6 Å². The molecule has 0 aliphatic heterocycles. The van der Waals surface area contributed by atoms with Crippen LogP contribution >= 0.6 is 0 Å². The van der Waals surface area contributed by atoms with E-state index >= 15 is 0 Å². The zero-order valence-corrected chi connectivity index (χ0v) is 32.3. The molecule has 0 unspecified atom stereocenters. The van der Waals surface area contributed by atoms with Gasteiger partial charge in [0.25, 0.3) is 11.4 Å². The summed E-state index contributed by atoms with van der Waals surface area (Å²) in [4.78, 5) is 19.4. The Hall–Kier alpha value is -5.48. The van der Waals surface area contributed by atoms with E-state index in [1.807, 2.05) is 0 Å². The van der Waals surface area contributed by atoms with Crippen LogP contribution in [0, 0.1) is 34.1 Å². The normalized spacial score (nSPS) is 11.7. The summed E-state index contributed by atoms with van der Waals surface area (Å²) in [7, 11) is -9.94. The summed E-state index contributed by atoms with van der Waals surface area (Å²) in [5.74, 6) is -1.72. The van der Waals surface area contributed by atoms with Crippen molar-refractivity contribution in [3.63, 3.8) is 0 Å². The molecule has 0 amide bonds. The number of benzene rings is 6. The molecule has 0 radical (unpaired) electrons. The van der Waals surface area contributed by atoms with Gasteiger partial charge < -0.3 is 19.3 Å². The van der Waals surface area contributed by atoms with Gasteiger partial charge in [-0.05, 0) is 47.9 Å². The SMILES string of the molecule is Cc1cccc([N+](=O)[O-])c1N=Nc1c(O)c(S(=O)(=O)[O-])cc2ccccc12.Cc1cccc([N+](=O)[O-])c1N=Nc1c(O)c(S(=O)(=O)[O-])cc2ccccc12.[Ca+2]. The van der Waals surface area contributed by atoms with Gasteiger partial charge in [-0.3, -0.25) is 20.2 Å². The Morgan fingerprint density at radius 2 is 0.855 bits per heavy atom. The molecule has 0 bridgehead atoms. The molecule has 0 atom stereocenters. The predicted molar refractivity (Wildman–Crippen MR) is 197 cm³/mol. The van der Waals surface area contributed by atoms with Crippen molar-refractivity contribution in [2.45, 2.75) is 23.6 Å². The van der Waals surface area contributed by atoms with E-state index in [9.17, 15) is 56.4 Å². The number of aryl methyl sites for hydroxylation is 2. The van der Waals surface area contributed by atoms with Crippen LogP contribution in [-0.4, -0.2) is 83.7 Å². The molecule has 6 rings (SSSR count). The van der Waals surface area contributed by atoms with E-state index in [0.29, 0.717) is 32.7 Å². The van der Waals surface area contributed by atoms with Crippen molar-refractivity contribution in [2.75, 3.05) is 0 Å². The second kappa shape index (κ2) is 16.9. The minimum atomic E-state index is -4.97. The molecule has 0 aliphatic rings. The van der Waals surface area contributed by atoms with Crippen LogP contribution < -0.4 is 0 Å². The molecule has 2 N–H and O–H groups in total. The smallest absolute Gasteiger partial charge is 0.744 e. The number of rotatable bonds is 8. The molecule has 18 nitrogen and oxygen atoms in total. The van der Waals surface area contributed by atoms with Crippen LogP contribution in [0.4, 0.5) is 34.1 Å². The van der Waals surface area contributed by atoms with Gasteiger partial charge in [0.2, 0.25) is 0 Å². The van der Waals surface area contributed by atoms with Gasteiger partial charge in [0.1, 0.15) is 31.6 Å². The van der Waals surface area contributed by atoms with Gasteiger partial charge in [-0.15, -0.1) is 20.5 Å². The minimum absolute atomic E-state index is 0. The molecule has 0 aromatic heterocycles. The Balaban J connectivity index is 0.000000240. The second-order valence-electron chi connectivity index (χ2n) is 11.3. The van der Waals surface area contributed by atoms with Crippen LogP contribution in [0.3, 0.4) is 0 Å². The summed E-state index contributed by atoms with van der Waals surface area (Å²) in [6, 6.07) is 23.4. The number of hydrogen-bond acceptors (Lipinski definition) is 16. The molecule has 0 saturated heterocycles. The summed E-state index contributed by atoms with van der Waals surface area (Å²) < 4.78 is 68.7. The maximum Gasteiger partial charge on any atom is 2.00 e. The molecule has 0 spiro atoms. The zero-order valence-electron chi connectivity index (χ0n) is 28.4. The van der Waals surface area contributed by atoms with Crippen LogP contribution in [0.15, 0.2) is 127 Å². The summed E-state index contributed by atoms with van der Waals surface area (Å²) >= 11 is 0. The molecule has 276 valence electrons. The summed E-state index contributed by atoms with van der Waals surface area (Å²) in [6.45, 7) is 3.19. The fraction of sp³-hybridized carbons (Fsp3) is 0.0588. The molecule has 0 aliphatic carbocycles. The van der Waals surface area contributed by atoms with Crippen molar-refractivity contribution in [1.82, 2.24) is 0 Å². The van der Waals surface area contributed by atoms with Crippen molar-refractivity contribution in [2.24, 2.45) is 20.5 Å². The molecular weight excluding hydrogens is 789 g/mol. The van der Waals surface area contributed by atoms with E-state index in [1.54, 1.807) is 74.5 Å². The number of azo groups is 2. The largest absolute Gasteiger partial charge is 2.00 e. The number of aromatic hydroxyl groups is 2. The third-order valence-corrected chi connectivity index (χ3v) is 9.49. The average Bonchev–Trinajstić information content (AvgIpc) is 3.10. The van der Waals surface area contributed by atoms with Crippen molar-refractivity contribution < 1.29 is 46.0 Å². The van der Waals surface area contributed by atoms with Crippen molar-refractivity contribution in [1.29, 1.82) is 0 Å². The van der Waals surface area contributed by atoms with Crippen LogP contribution in [0.1, 0.15) is 11.1 Å². The van der Waals surface area contributed by atoms with Crippen LogP contribution in [0.2, 0.25) is 0 Å². The minimum Gasteiger partial charge on any atom is -0.744 e. The van der Waals surface area contributed by atoms with Crippen LogP contribution in [0.5, 0.6) is 11.5 Å².